The molecule has 0 saturated carbocycles. The number of pyridine rings is 1. The molecule has 2 aromatic carbocycles. The minimum atomic E-state index is 0.680. The van der Waals surface area contributed by atoms with Gasteiger partial charge in [0, 0.05) is 38.6 Å². The Morgan fingerprint density at radius 3 is 2.53 bits per heavy atom. The van der Waals surface area contributed by atoms with Gasteiger partial charge in [-0.1, -0.05) is 36.4 Å². The first-order valence-corrected chi connectivity index (χ1v) is 9.95. The van der Waals surface area contributed by atoms with E-state index in [-0.39, 0.29) is 0 Å². The number of benzene rings is 2. The van der Waals surface area contributed by atoms with Gasteiger partial charge in [-0.3, -0.25) is 4.98 Å². The van der Waals surface area contributed by atoms with Gasteiger partial charge in [-0.25, -0.2) is 0 Å². The molecule has 0 amide bonds. The number of aromatic nitrogens is 1. The van der Waals surface area contributed by atoms with Crippen LogP contribution < -0.4 is 9.80 Å². The Morgan fingerprint density at radius 1 is 1.00 bits per heavy atom. The summed E-state index contributed by atoms with van der Waals surface area (Å²) in [5.74, 6) is 0. The van der Waals surface area contributed by atoms with Gasteiger partial charge in [0.2, 0.25) is 0 Å². The Morgan fingerprint density at radius 2 is 1.80 bits per heavy atom. The highest BCUT2D eigenvalue weighted by Gasteiger charge is 2.21. The maximum absolute atomic E-state index is 9.64. The predicted octanol–water partition coefficient (Wildman–Crippen LogP) is 5.27. The molecule has 0 bridgehead atoms. The molecule has 0 saturated heterocycles. The molecule has 0 fully saturated rings. The van der Waals surface area contributed by atoms with Crippen molar-refractivity contribution >= 4 is 22.5 Å². The van der Waals surface area contributed by atoms with Gasteiger partial charge in [0.15, 0.2) is 0 Å². The Kier molecular flexibility index (Phi) is 5.36. The topological polar surface area (TPSA) is 43.2 Å². The van der Waals surface area contributed by atoms with E-state index in [1.54, 1.807) is 0 Å². The van der Waals surface area contributed by atoms with E-state index in [9.17, 15) is 5.26 Å². The molecule has 0 unspecified atom stereocenters. The summed E-state index contributed by atoms with van der Waals surface area (Å²) in [7, 11) is 4.14. The number of hydrogen-bond donors (Lipinski definition) is 0. The van der Waals surface area contributed by atoms with Crippen LogP contribution in [-0.2, 0) is 0 Å². The van der Waals surface area contributed by atoms with Crippen molar-refractivity contribution in [2.45, 2.75) is 6.92 Å². The van der Waals surface area contributed by atoms with E-state index in [1.807, 2.05) is 48.7 Å². The zero-order valence-corrected chi connectivity index (χ0v) is 17.5. The van der Waals surface area contributed by atoms with Crippen molar-refractivity contribution in [3.8, 4) is 6.07 Å². The van der Waals surface area contributed by atoms with Gasteiger partial charge in [-0.15, -0.1) is 0 Å². The monoisotopic (exact) mass is 392 g/mol. The molecule has 0 atom stereocenters. The molecule has 30 heavy (non-hydrogen) atoms. The summed E-state index contributed by atoms with van der Waals surface area (Å²) in [6, 6.07) is 22.4. The maximum Gasteiger partial charge on any atom is 0.0998 e. The molecule has 4 nitrogen and oxygen atoms in total. The van der Waals surface area contributed by atoms with Gasteiger partial charge in [0.05, 0.1) is 28.7 Å². The quantitative estimate of drug-likeness (QED) is 0.606. The van der Waals surface area contributed by atoms with Crippen LogP contribution in [0.5, 0.6) is 0 Å². The highest BCUT2D eigenvalue weighted by Crippen LogP contribution is 2.37. The number of nitrogens with zero attached hydrogens (tertiary/aromatic N) is 4. The average Bonchev–Trinajstić information content (AvgIpc) is 2.79. The van der Waals surface area contributed by atoms with Crippen molar-refractivity contribution < 1.29 is 0 Å². The minimum Gasteiger partial charge on any atom is -0.376 e. The van der Waals surface area contributed by atoms with Gasteiger partial charge in [0.25, 0.3) is 0 Å². The van der Waals surface area contributed by atoms with E-state index >= 15 is 0 Å². The molecule has 1 aromatic heterocycles. The number of nitriles is 1. The van der Waals surface area contributed by atoms with Crippen LogP contribution in [0.25, 0.3) is 11.1 Å². The molecular weight excluding hydrogens is 368 g/mol. The molecule has 4 heteroatoms. The smallest absolute Gasteiger partial charge is 0.0998 e. The summed E-state index contributed by atoms with van der Waals surface area (Å²) in [4.78, 5) is 8.97. The second kappa shape index (κ2) is 8.26. The lowest BCUT2D eigenvalue weighted by Gasteiger charge is -2.32. The number of allylic oxidation sites excluding steroid dienone is 2. The SMILES string of the molecule is Cc1cccc(N2C=C(c3ccccn3)C=C(c3ccccc3C#N)C2)c1N(C)C. The second-order valence-corrected chi connectivity index (χ2v) is 7.59. The number of anilines is 2. The van der Waals surface area contributed by atoms with Gasteiger partial charge in [-0.05, 0) is 54.0 Å². The van der Waals surface area contributed by atoms with Crippen LogP contribution in [0.2, 0.25) is 0 Å². The van der Waals surface area contributed by atoms with E-state index in [0.29, 0.717) is 12.1 Å². The Balaban J connectivity index is 1.88. The van der Waals surface area contributed by atoms with E-state index in [0.717, 1.165) is 28.1 Å². The van der Waals surface area contributed by atoms with Crippen molar-refractivity contribution in [2.75, 3.05) is 30.4 Å². The van der Waals surface area contributed by atoms with Crippen molar-refractivity contribution in [1.29, 1.82) is 5.26 Å². The molecule has 1 aliphatic heterocycles. The van der Waals surface area contributed by atoms with Gasteiger partial charge in [0.1, 0.15) is 0 Å². The maximum atomic E-state index is 9.64. The number of rotatable bonds is 4. The fourth-order valence-electron chi connectivity index (χ4n) is 3.98. The Labute approximate surface area is 178 Å². The lowest BCUT2D eigenvalue weighted by Crippen LogP contribution is -2.25. The third-order valence-corrected chi connectivity index (χ3v) is 5.29. The first kappa shape index (κ1) is 19.5. The second-order valence-electron chi connectivity index (χ2n) is 7.59. The van der Waals surface area contributed by atoms with E-state index in [1.165, 1.54) is 11.3 Å². The van der Waals surface area contributed by atoms with Crippen LogP contribution >= 0.6 is 0 Å². The summed E-state index contributed by atoms with van der Waals surface area (Å²) in [5.41, 5.74) is 8.22. The van der Waals surface area contributed by atoms with E-state index in [2.05, 4.69) is 72.3 Å². The fourth-order valence-corrected chi connectivity index (χ4v) is 3.98. The predicted molar refractivity (Wildman–Crippen MR) is 124 cm³/mol. The molecule has 0 radical (unpaired) electrons. The molecular formula is C26H24N4. The molecule has 148 valence electrons. The van der Waals surface area contributed by atoms with Crippen LogP contribution in [0.3, 0.4) is 0 Å². The van der Waals surface area contributed by atoms with Crippen molar-refractivity contribution in [1.82, 2.24) is 4.98 Å². The van der Waals surface area contributed by atoms with Gasteiger partial charge >= 0.3 is 0 Å². The lowest BCUT2D eigenvalue weighted by atomic mass is 9.94. The summed E-state index contributed by atoms with van der Waals surface area (Å²) < 4.78 is 0. The summed E-state index contributed by atoms with van der Waals surface area (Å²) in [5, 5.41) is 9.64. The normalized spacial score (nSPS) is 13.3. The molecule has 0 aliphatic carbocycles. The van der Waals surface area contributed by atoms with Crippen LogP contribution in [0.1, 0.15) is 22.4 Å². The van der Waals surface area contributed by atoms with E-state index in [4.69, 9.17) is 0 Å². The van der Waals surface area contributed by atoms with E-state index < -0.39 is 0 Å². The lowest BCUT2D eigenvalue weighted by molar-refractivity contribution is 1.04. The van der Waals surface area contributed by atoms with Crippen LogP contribution in [0.4, 0.5) is 11.4 Å². The number of hydrogen-bond acceptors (Lipinski definition) is 4. The third-order valence-electron chi connectivity index (χ3n) is 5.29. The largest absolute Gasteiger partial charge is 0.376 e. The van der Waals surface area contributed by atoms with Crippen LogP contribution in [-0.4, -0.2) is 25.6 Å². The van der Waals surface area contributed by atoms with Gasteiger partial charge in [-0.2, -0.15) is 5.26 Å². The number of aryl methyl sites for hydroxylation is 1. The highest BCUT2D eigenvalue weighted by atomic mass is 15.2. The van der Waals surface area contributed by atoms with Gasteiger partial charge < -0.3 is 9.80 Å². The molecule has 3 aromatic rings. The molecule has 0 spiro atoms. The highest BCUT2D eigenvalue weighted by molar-refractivity contribution is 5.91. The van der Waals surface area contributed by atoms with Crippen molar-refractivity contribution in [2.24, 2.45) is 0 Å². The molecule has 0 N–H and O–H groups in total. The van der Waals surface area contributed by atoms with Crippen molar-refractivity contribution in [3.05, 3.63) is 102 Å². The zero-order valence-electron chi connectivity index (χ0n) is 17.5. The standard InChI is InChI=1S/C26H24N4/c1-19-9-8-13-25(26(19)29(2)3)30-17-21(23-11-5-4-10-20(23)16-27)15-22(18-30)24-12-6-7-14-28-24/h4-15,18H,17H2,1-3H3. The zero-order chi connectivity index (χ0) is 21.1. The molecule has 2 heterocycles. The molecule has 1 aliphatic rings. The van der Waals surface area contributed by atoms with Crippen LogP contribution in [0, 0.1) is 18.3 Å². The Hall–Kier alpha value is -3.84. The van der Waals surface area contributed by atoms with Crippen LogP contribution in [0.15, 0.2) is 79.1 Å². The first-order valence-electron chi connectivity index (χ1n) is 9.95. The summed E-state index contributed by atoms with van der Waals surface area (Å²) in [6.07, 6.45) is 6.12. The third kappa shape index (κ3) is 3.70. The minimum absolute atomic E-state index is 0.680. The molecule has 4 rings (SSSR count). The number of para-hydroxylation sites is 1. The average molecular weight is 393 g/mol. The van der Waals surface area contributed by atoms with Crippen molar-refractivity contribution in [3.63, 3.8) is 0 Å². The summed E-state index contributed by atoms with van der Waals surface area (Å²) >= 11 is 0. The Bertz CT molecular complexity index is 1170. The fraction of sp³-hybridized carbons (Fsp3) is 0.154. The first-order chi connectivity index (χ1) is 14.6. The summed E-state index contributed by atoms with van der Waals surface area (Å²) in [6.45, 7) is 2.81.